The number of nitrogens with zero attached hydrogens (tertiary/aromatic N) is 2. The molecule has 0 aliphatic heterocycles. The van der Waals surface area contributed by atoms with Crippen molar-refractivity contribution in [1.29, 1.82) is 0 Å². The molecule has 0 unspecified atom stereocenters. The van der Waals surface area contributed by atoms with Gasteiger partial charge in [-0.05, 0) is 35.6 Å². The Morgan fingerprint density at radius 3 is 1.46 bits per heavy atom. The zero-order chi connectivity index (χ0) is 18.5. The number of hydrogen-bond acceptors (Lipinski definition) is 4. The average molecular weight is 385 g/mol. The number of rotatable bonds is 7. The molecule has 0 spiro atoms. The minimum atomic E-state index is 0.437. The highest BCUT2D eigenvalue weighted by molar-refractivity contribution is 7.80. The molecule has 2 aromatic rings. The van der Waals surface area contributed by atoms with Crippen molar-refractivity contribution in [2.24, 2.45) is 10.2 Å². The smallest absolute Gasteiger partial charge is 0.187 e. The van der Waals surface area contributed by atoms with Gasteiger partial charge in [-0.15, -0.1) is 0 Å². The number of nitrogens with one attached hydrogen (secondary N) is 4. The van der Waals surface area contributed by atoms with Gasteiger partial charge in [0.15, 0.2) is 10.2 Å². The predicted octanol–water partition coefficient (Wildman–Crippen LogP) is 2.29. The molecular formula is C18H20N6S2. The summed E-state index contributed by atoms with van der Waals surface area (Å²) in [6.07, 6.45) is 2.95. The maximum absolute atomic E-state index is 5.13. The first-order valence-electron chi connectivity index (χ1n) is 7.94. The van der Waals surface area contributed by atoms with E-state index in [1.54, 1.807) is 0 Å². The maximum atomic E-state index is 5.13. The molecule has 6 nitrogen and oxygen atoms in total. The Morgan fingerprint density at radius 2 is 1.08 bits per heavy atom. The molecule has 0 amide bonds. The van der Waals surface area contributed by atoms with Crippen LogP contribution >= 0.6 is 24.4 Å². The van der Waals surface area contributed by atoms with Gasteiger partial charge in [0, 0.05) is 13.1 Å². The summed E-state index contributed by atoms with van der Waals surface area (Å²) >= 11 is 10.3. The van der Waals surface area contributed by atoms with Gasteiger partial charge in [0.05, 0.1) is 12.4 Å². The fourth-order valence-corrected chi connectivity index (χ4v) is 2.14. The van der Waals surface area contributed by atoms with E-state index < -0.39 is 0 Å². The molecule has 0 aliphatic rings. The number of benzene rings is 2. The summed E-state index contributed by atoms with van der Waals surface area (Å²) in [4.78, 5) is 0. The molecule has 4 N–H and O–H groups in total. The molecule has 0 saturated heterocycles. The van der Waals surface area contributed by atoms with Crippen molar-refractivity contribution in [3.8, 4) is 0 Å². The summed E-state index contributed by atoms with van der Waals surface area (Å²) in [5.74, 6) is 0. The van der Waals surface area contributed by atoms with E-state index >= 15 is 0 Å². The lowest BCUT2D eigenvalue weighted by atomic mass is 10.2. The van der Waals surface area contributed by atoms with Gasteiger partial charge in [-0.3, -0.25) is 10.9 Å². The van der Waals surface area contributed by atoms with Crippen LogP contribution in [-0.4, -0.2) is 22.7 Å². The van der Waals surface area contributed by atoms with Crippen molar-refractivity contribution in [1.82, 2.24) is 21.5 Å². The summed E-state index contributed by atoms with van der Waals surface area (Å²) < 4.78 is 0. The first-order chi connectivity index (χ1) is 12.7. The van der Waals surface area contributed by atoms with Crippen LogP contribution in [0.2, 0.25) is 0 Å². The van der Waals surface area contributed by atoms with Gasteiger partial charge in [-0.25, -0.2) is 0 Å². The minimum absolute atomic E-state index is 0.437. The van der Waals surface area contributed by atoms with Crippen LogP contribution < -0.4 is 21.5 Å². The molecule has 2 aromatic carbocycles. The molecular weight excluding hydrogens is 364 g/mol. The van der Waals surface area contributed by atoms with Crippen molar-refractivity contribution >= 4 is 47.1 Å². The maximum Gasteiger partial charge on any atom is 0.187 e. The molecule has 2 rings (SSSR count). The first-order valence-corrected chi connectivity index (χ1v) is 8.76. The number of hydrogen-bond donors (Lipinski definition) is 4. The van der Waals surface area contributed by atoms with E-state index in [9.17, 15) is 0 Å². The van der Waals surface area contributed by atoms with Crippen molar-refractivity contribution in [3.63, 3.8) is 0 Å². The number of thiocarbonyl (C=S) groups is 2. The van der Waals surface area contributed by atoms with Gasteiger partial charge < -0.3 is 10.6 Å². The largest absolute Gasteiger partial charge is 0.357 e. The van der Waals surface area contributed by atoms with Crippen LogP contribution in [0.3, 0.4) is 0 Å². The van der Waals surface area contributed by atoms with Crippen LogP contribution in [0.25, 0.3) is 0 Å². The Hall–Kier alpha value is -2.84. The highest BCUT2D eigenvalue weighted by Gasteiger charge is 1.94. The molecule has 8 heteroatoms. The standard InChI is InChI=1S/C18H20N6S2/c25-17(19-13-15-7-3-1-4-8-15)23-21-11-12-22-24-18(26)20-14-16-9-5-2-6-10-16/h1-12H,13-14H2,(H2,19,23,25)(H2,20,24,26). The van der Waals surface area contributed by atoms with Crippen LogP contribution in [0.15, 0.2) is 70.9 Å². The number of hydrazone groups is 2. The molecule has 0 fully saturated rings. The van der Waals surface area contributed by atoms with Crippen molar-refractivity contribution < 1.29 is 0 Å². The fourth-order valence-electron chi connectivity index (χ4n) is 1.89. The lowest BCUT2D eigenvalue weighted by Gasteiger charge is -2.06. The highest BCUT2D eigenvalue weighted by Crippen LogP contribution is 1.97. The Kier molecular flexibility index (Phi) is 8.74. The molecule has 0 atom stereocenters. The third-order valence-electron chi connectivity index (χ3n) is 3.14. The Labute approximate surface area is 163 Å². The van der Waals surface area contributed by atoms with E-state index in [1.807, 2.05) is 60.7 Å². The molecule has 0 aromatic heterocycles. The van der Waals surface area contributed by atoms with Crippen LogP contribution in [0, 0.1) is 0 Å². The van der Waals surface area contributed by atoms with Gasteiger partial charge >= 0.3 is 0 Å². The van der Waals surface area contributed by atoms with Crippen LogP contribution in [-0.2, 0) is 13.1 Å². The lowest BCUT2D eigenvalue weighted by Crippen LogP contribution is -2.32. The summed E-state index contributed by atoms with van der Waals surface area (Å²) in [6.45, 7) is 1.28. The van der Waals surface area contributed by atoms with E-state index in [4.69, 9.17) is 24.4 Å². The summed E-state index contributed by atoms with van der Waals surface area (Å²) in [6, 6.07) is 19.9. The van der Waals surface area contributed by atoms with E-state index in [-0.39, 0.29) is 0 Å². The average Bonchev–Trinajstić information content (AvgIpc) is 2.69. The highest BCUT2D eigenvalue weighted by atomic mass is 32.1. The van der Waals surface area contributed by atoms with Gasteiger partial charge in [0.1, 0.15) is 0 Å². The van der Waals surface area contributed by atoms with Gasteiger partial charge in [-0.2, -0.15) is 10.2 Å². The minimum Gasteiger partial charge on any atom is -0.357 e. The van der Waals surface area contributed by atoms with Crippen LogP contribution in [0.4, 0.5) is 0 Å². The van der Waals surface area contributed by atoms with Crippen molar-refractivity contribution in [3.05, 3.63) is 71.8 Å². The molecule has 134 valence electrons. The molecule has 0 radical (unpaired) electrons. The van der Waals surface area contributed by atoms with Gasteiger partial charge in [0.25, 0.3) is 0 Å². The molecule has 0 aliphatic carbocycles. The Morgan fingerprint density at radius 1 is 0.692 bits per heavy atom. The van der Waals surface area contributed by atoms with E-state index in [0.29, 0.717) is 23.3 Å². The molecule has 0 saturated carbocycles. The quantitative estimate of drug-likeness (QED) is 0.334. The topological polar surface area (TPSA) is 72.8 Å². The molecule has 26 heavy (non-hydrogen) atoms. The molecule has 0 bridgehead atoms. The van der Waals surface area contributed by atoms with Gasteiger partial charge in [-0.1, -0.05) is 60.7 Å². The van der Waals surface area contributed by atoms with Crippen molar-refractivity contribution in [2.75, 3.05) is 0 Å². The van der Waals surface area contributed by atoms with E-state index in [1.165, 1.54) is 12.4 Å². The second-order valence-electron chi connectivity index (χ2n) is 5.12. The summed E-state index contributed by atoms with van der Waals surface area (Å²) in [5, 5.41) is 14.9. The summed E-state index contributed by atoms with van der Waals surface area (Å²) in [7, 11) is 0. The Balaban J connectivity index is 1.57. The predicted molar refractivity (Wildman–Crippen MR) is 115 cm³/mol. The second-order valence-corrected chi connectivity index (χ2v) is 5.93. The normalized spacial score (nSPS) is 10.6. The van der Waals surface area contributed by atoms with Crippen LogP contribution in [0.5, 0.6) is 0 Å². The van der Waals surface area contributed by atoms with E-state index in [2.05, 4.69) is 31.7 Å². The zero-order valence-corrected chi connectivity index (χ0v) is 15.7. The van der Waals surface area contributed by atoms with E-state index in [0.717, 1.165) is 11.1 Å². The second kappa shape index (κ2) is 11.7. The third-order valence-corrected chi connectivity index (χ3v) is 3.61. The lowest BCUT2D eigenvalue weighted by molar-refractivity contribution is 0.867. The summed E-state index contributed by atoms with van der Waals surface area (Å²) in [5.41, 5.74) is 7.70. The third kappa shape index (κ3) is 8.32. The zero-order valence-electron chi connectivity index (χ0n) is 14.1. The monoisotopic (exact) mass is 384 g/mol. The van der Waals surface area contributed by atoms with Gasteiger partial charge in [0.2, 0.25) is 0 Å². The Bertz CT molecular complexity index is 681. The SMILES string of the molecule is S=C(NCc1ccccc1)NN=CC=NNC(=S)NCc1ccccc1. The fraction of sp³-hybridized carbons (Fsp3) is 0.111. The van der Waals surface area contributed by atoms with Crippen molar-refractivity contribution in [2.45, 2.75) is 13.1 Å². The van der Waals surface area contributed by atoms with Crippen LogP contribution in [0.1, 0.15) is 11.1 Å². The molecule has 0 heterocycles. The first kappa shape index (κ1) is 19.5.